The summed E-state index contributed by atoms with van der Waals surface area (Å²) in [5.74, 6) is 0.868. The summed E-state index contributed by atoms with van der Waals surface area (Å²) in [4.78, 5) is 11.0. The number of Topliss-reactive ketones (excluding diaryl/α,β-unsaturated/α-hetero) is 1. The number of carbonyl (C=O) groups excluding carboxylic acids is 1. The molecular formula is C12H17NO2. The van der Waals surface area contributed by atoms with Gasteiger partial charge in [-0.15, -0.1) is 0 Å². The summed E-state index contributed by atoms with van der Waals surface area (Å²) >= 11 is 0. The molecule has 1 rings (SSSR count). The van der Waals surface area contributed by atoms with Crippen molar-refractivity contribution in [3.05, 3.63) is 29.8 Å². The summed E-state index contributed by atoms with van der Waals surface area (Å²) in [5.41, 5.74) is 0.712. The third kappa shape index (κ3) is 3.72. The number of likely N-dealkylation sites (N-methyl/N-ethyl adjacent to an activating group) is 1. The van der Waals surface area contributed by atoms with Crippen molar-refractivity contribution >= 4 is 5.78 Å². The Balaban J connectivity index is 2.53. The fourth-order valence-corrected chi connectivity index (χ4v) is 1.09. The standard InChI is InChI=1S/C12H17NO2/c1-9(13-3)8-15-12-6-4-11(5-7-12)10(2)14/h4-7,9,13H,8H2,1-3H3/t9-/m0/s1. The highest BCUT2D eigenvalue weighted by Crippen LogP contribution is 2.12. The fourth-order valence-electron chi connectivity index (χ4n) is 1.09. The number of rotatable bonds is 5. The van der Waals surface area contributed by atoms with E-state index in [1.807, 2.05) is 26.1 Å². The minimum atomic E-state index is 0.0742. The zero-order valence-electron chi connectivity index (χ0n) is 9.41. The number of nitrogens with one attached hydrogen (secondary N) is 1. The Kier molecular flexibility index (Phi) is 4.31. The highest BCUT2D eigenvalue weighted by molar-refractivity contribution is 5.94. The summed E-state index contributed by atoms with van der Waals surface area (Å²) in [7, 11) is 1.90. The highest BCUT2D eigenvalue weighted by atomic mass is 16.5. The normalized spacial score (nSPS) is 12.2. The van der Waals surface area contributed by atoms with Crippen LogP contribution in [-0.4, -0.2) is 25.5 Å². The Morgan fingerprint density at radius 2 is 2.00 bits per heavy atom. The van der Waals surface area contributed by atoms with E-state index in [1.54, 1.807) is 19.1 Å². The molecule has 0 saturated carbocycles. The number of ketones is 1. The van der Waals surface area contributed by atoms with E-state index in [9.17, 15) is 4.79 Å². The van der Waals surface area contributed by atoms with Crippen molar-refractivity contribution in [2.75, 3.05) is 13.7 Å². The van der Waals surface area contributed by atoms with E-state index < -0.39 is 0 Å². The molecular weight excluding hydrogens is 190 g/mol. The average molecular weight is 207 g/mol. The van der Waals surface area contributed by atoms with Crippen LogP contribution in [0.25, 0.3) is 0 Å². The predicted molar refractivity (Wildman–Crippen MR) is 60.5 cm³/mol. The molecule has 0 aliphatic rings. The molecule has 0 heterocycles. The SMILES string of the molecule is CN[C@@H](C)COc1ccc(C(C)=O)cc1. The molecule has 0 fully saturated rings. The van der Waals surface area contributed by atoms with Gasteiger partial charge in [0.25, 0.3) is 0 Å². The molecule has 3 heteroatoms. The Bertz CT molecular complexity index is 319. The lowest BCUT2D eigenvalue weighted by atomic mass is 10.1. The van der Waals surface area contributed by atoms with Crippen molar-refractivity contribution in [2.24, 2.45) is 0 Å². The van der Waals surface area contributed by atoms with Crippen LogP contribution in [0.1, 0.15) is 24.2 Å². The Morgan fingerprint density at radius 3 is 2.47 bits per heavy atom. The summed E-state index contributed by atoms with van der Waals surface area (Å²) in [6.45, 7) is 4.22. The minimum absolute atomic E-state index is 0.0742. The summed E-state index contributed by atoms with van der Waals surface area (Å²) in [6, 6.07) is 7.51. The highest BCUT2D eigenvalue weighted by Gasteiger charge is 2.01. The molecule has 0 aliphatic heterocycles. The first-order chi connectivity index (χ1) is 7.13. The third-order valence-corrected chi connectivity index (χ3v) is 2.25. The molecule has 0 spiro atoms. The molecule has 0 saturated heterocycles. The summed E-state index contributed by atoms with van der Waals surface area (Å²) in [6.07, 6.45) is 0. The van der Waals surface area contributed by atoms with Gasteiger partial charge in [-0.1, -0.05) is 0 Å². The Labute approximate surface area is 90.4 Å². The van der Waals surface area contributed by atoms with Crippen molar-refractivity contribution < 1.29 is 9.53 Å². The first kappa shape index (κ1) is 11.7. The molecule has 0 radical (unpaired) electrons. The Hall–Kier alpha value is -1.35. The lowest BCUT2D eigenvalue weighted by molar-refractivity contribution is 0.101. The molecule has 1 N–H and O–H groups in total. The average Bonchev–Trinajstić information content (AvgIpc) is 2.26. The van der Waals surface area contributed by atoms with Crippen LogP contribution in [0.5, 0.6) is 5.75 Å². The molecule has 0 aromatic heterocycles. The van der Waals surface area contributed by atoms with Crippen LogP contribution >= 0.6 is 0 Å². The zero-order chi connectivity index (χ0) is 11.3. The molecule has 0 aliphatic carbocycles. The minimum Gasteiger partial charge on any atom is -0.492 e. The number of ether oxygens (including phenoxy) is 1. The number of carbonyl (C=O) groups is 1. The van der Waals surface area contributed by atoms with Crippen LogP contribution in [0.4, 0.5) is 0 Å². The van der Waals surface area contributed by atoms with E-state index in [4.69, 9.17) is 4.74 Å². The van der Waals surface area contributed by atoms with Gasteiger partial charge in [0.1, 0.15) is 12.4 Å². The van der Waals surface area contributed by atoms with Crippen molar-refractivity contribution in [3.8, 4) is 5.75 Å². The molecule has 0 amide bonds. The second kappa shape index (κ2) is 5.51. The van der Waals surface area contributed by atoms with Crippen LogP contribution < -0.4 is 10.1 Å². The maximum atomic E-state index is 11.0. The van der Waals surface area contributed by atoms with Gasteiger partial charge >= 0.3 is 0 Å². The molecule has 82 valence electrons. The van der Waals surface area contributed by atoms with Gasteiger partial charge < -0.3 is 10.1 Å². The van der Waals surface area contributed by atoms with Gasteiger partial charge in [-0.25, -0.2) is 0 Å². The maximum absolute atomic E-state index is 11.0. The van der Waals surface area contributed by atoms with Gasteiger partial charge in [-0.2, -0.15) is 0 Å². The molecule has 0 bridgehead atoms. The maximum Gasteiger partial charge on any atom is 0.159 e. The number of hydrogen-bond donors (Lipinski definition) is 1. The smallest absolute Gasteiger partial charge is 0.159 e. The van der Waals surface area contributed by atoms with E-state index >= 15 is 0 Å². The molecule has 15 heavy (non-hydrogen) atoms. The van der Waals surface area contributed by atoms with Crippen LogP contribution in [0, 0.1) is 0 Å². The second-order valence-corrected chi connectivity index (χ2v) is 3.58. The first-order valence-electron chi connectivity index (χ1n) is 5.04. The van der Waals surface area contributed by atoms with Crippen molar-refractivity contribution in [1.82, 2.24) is 5.32 Å². The lowest BCUT2D eigenvalue weighted by Crippen LogP contribution is -2.28. The quantitative estimate of drug-likeness (QED) is 0.749. The number of hydrogen-bond acceptors (Lipinski definition) is 3. The Morgan fingerprint density at radius 1 is 1.40 bits per heavy atom. The molecule has 1 aromatic rings. The van der Waals surface area contributed by atoms with Crippen LogP contribution in [0.15, 0.2) is 24.3 Å². The molecule has 3 nitrogen and oxygen atoms in total. The monoisotopic (exact) mass is 207 g/mol. The van der Waals surface area contributed by atoms with E-state index in [0.29, 0.717) is 18.2 Å². The topological polar surface area (TPSA) is 38.3 Å². The molecule has 0 unspecified atom stereocenters. The van der Waals surface area contributed by atoms with Crippen molar-refractivity contribution in [1.29, 1.82) is 0 Å². The van der Waals surface area contributed by atoms with Crippen molar-refractivity contribution in [2.45, 2.75) is 19.9 Å². The fraction of sp³-hybridized carbons (Fsp3) is 0.417. The second-order valence-electron chi connectivity index (χ2n) is 3.58. The first-order valence-corrected chi connectivity index (χ1v) is 5.04. The van der Waals surface area contributed by atoms with E-state index in [2.05, 4.69) is 5.32 Å². The van der Waals surface area contributed by atoms with E-state index in [1.165, 1.54) is 0 Å². The summed E-state index contributed by atoms with van der Waals surface area (Å²) < 4.78 is 5.52. The van der Waals surface area contributed by atoms with Gasteiger partial charge in [0.05, 0.1) is 0 Å². The van der Waals surface area contributed by atoms with E-state index in [0.717, 1.165) is 5.75 Å². The molecule has 1 atom stereocenters. The third-order valence-electron chi connectivity index (χ3n) is 2.25. The van der Waals surface area contributed by atoms with Crippen LogP contribution in [0.3, 0.4) is 0 Å². The predicted octanol–water partition coefficient (Wildman–Crippen LogP) is 1.88. The lowest BCUT2D eigenvalue weighted by Gasteiger charge is -2.11. The zero-order valence-corrected chi connectivity index (χ0v) is 9.41. The van der Waals surface area contributed by atoms with Gasteiger partial charge in [-0.05, 0) is 45.2 Å². The van der Waals surface area contributed by atoms with Gasteiger partial charge in [0, 0.05) is 11.6 Å². The molecule has 1 aromatic carbocycles. The van der Waals surface area contributed by atoms with Gasteiger partial charge in [0.2, 0.25) is 0 Å². The number of benzene rings is 1. The largest absolute Gasteiger partial charge is 0.492 e. The van der Waals surface area contributed by atoms with E-state index in [-0.39, 0.29) is 5.78 Å². The van der Waals surface area contributed by atoms with Crippen LogP contribution in [-0.2, 0) is 0 Å². The van der Waals surface area contributed by atoms with Crippen LogP contribution in [0.2, 0.25) is 0 Å². The van der Waals surface area contributed by atoms with Gasteiger partial charge in [0.15, 0.2) is 5.78 Å². The van der Waals surface area contributed by atoms with Crippen molar-refractivity contribution in [3.63, 3.8) is 0 Å². The van der Waals surface area contributed by atoms with Gasteiger partial charge in [-0.3, -0.25) is 4.79 Å². The summed E-state index contributed by atoms with van der Waals surface area (Å²) in [5, 5.41) is 3.09.